The van der Waals surface area contributed by atoms with Gasteiger partial charge in [-0.3, -0.25) is 4.79 Å². The van der Waals surface area contributed by atoms with Crippen molar-refractivity contribution in [3.05, 3.63) is 107 Å². The van der Waals surface area contributed by atoms with Crippen LogP contribution in [-0.2, 0) is 40.3 Å². The van der Waals surface area contributed by atoms with Gasteiger partial charge in [-0.1, -0.05) is 84.9 Å². The maximum absolute atomic E-state index is 13.0. The average Bonchev–Trinajstić information content (AvgIpc) is 2.90. The fraction of sp³-hybridized carbons (Fsp3) is 0.300. The van der Waals surface area contributed by atoms with Gasteiger partial charge in [0.1, 0.15) is 5.60 Å². The summed E-state index contributed by atoms with van der Waals surface area (Å²) < 4.78 is 10.8. The van der Waals surface area contributed by atoms with Crippen molar-refractivity contribution in [2.75, 3.05) is 0 Å². The summed E-state index contributed by atoms with van der Waals surface area (Å²) in [6.45, 7) is 6.31. The molecule has 3 amide bonds. The van der Waals surface area contributed by atoms with Gasteiger partial charge in [-0.2, -0.15) is 0 Å². The number of rotatable bonds is 10. The Hall–Kier alpha value is -4.33. The van der Waals surface area contributed by atoms with Gasteiger partial charge in [0.2, 0.25) is 0 Å². The molecule has 0 heterocycles. The Morgan fingerprint density at radius 3 is 1.61 bits per heavy atom. The molecular formula is C30H35N3O5. The number of carbonyl (C=O) groups excluding carboxylic acids is 3. The molecule has 3 rings (SSSR count). The van der Waals surface area contributed by atoms with Crippen molar-refractivity contribution in [1.29, 1.82) is 0 Å². The van der Waals surface area contributed by atoms with E-state index in [1.54, 1.807) is 0 Å². The quantitative estimate of drug-likeness (QED) is 0.356. The van der Waals surface area contributed by atoms with Crippen LogP contribution < -0.4 is 16.0 Å². The lowest BCUT2D eigenvalue weighted by atomic mass is 10.1. The summed E-state index contributed by atoms with van der Waals surface area (Å²) >= 11 is 0. The van der Waals surface area contributed by atoms with Crippen LogP contribution in [0.15, 0.2) is 84.9 Å². The lowest BCUT2D eigenvalue weighted by Gasteiger charge is -2.19. The second-order valence-electron chi connectivity index (χ2n) is 9.81. The van der Waals surface area contributed by atoms with E-state index in [0.29, 0.717) is 13.1 Å². The second kappa shape index (κ2) is 13.8. The molecule has 0 radical (unpaired) electrons. The first-order valence-electron chi connectivity index (χ1n) is 12.5. The fourth-order valence-electron chi connectivity index (χ4n) is 3.52. The molecule has 0 aromatic heterocycles. The third-order valence-electron chi connectivity index (χ3n) is 5.41. The zero-order chi connectivity index (χ0) is 27.4. The SMILES string of the molecule is CC(C)(C)OC(=O)NCc1ccc(CNC(=O)[C@H](Cc2ccccc2)OC(=O)NCc2ccccc2)cc1. The van der Waals surface area contributed by atoms with Crippen molar-refractivity contribution in [1.82, 2.24) is 16.0 Å². The highest BCUT2D eigenvalue weighted by Crippen LogP contribution is 2.10. The third kappa shape index (κ3) is 10.3. The molecule has 0 spiro atoms. The molecule has 0 aliphatic heterocycles. The van der Waals surface area contributed by atoms with E-state index in [4.69, 9.17) is 9.47 Å². The molecule has 1 atom stereocenters. The minimum absolute atomic E-state index is 0.251. The largest absolute Gasteiger partial charge is 0.444 e. The van der Waals surface area contributed by atoms with Gasteiger partial charge in [0, 0.05) is 26.1 Å². The summed E-state index contributed by atoms with van der Waals surface area (Å²) in [5, 5.41) is 8.28. The normalized spacial score (nSPS) is 11.7. The first kappa shape index (κ1) is 28.2. The molecule has 0 bridgehead atoms. The lowest BCUT2D eigenvalue weighted by Crippen LogP contribution is -2.41. The summed E-state index contributed by atoms with van der Waals surface area (Å²) in [5.74, 6) is -0.389. The van der Waals surface area contributed by atoms with E-state index < -0.39 is 23.9 Å². The van der Waals surface area contributed by atoms with E-state index in [1.807, 2.05) is 106 Å². The molecule has 3 aromatic rings. The van der Waals surface area contributed by atoms with Crippen LogP contribution in [0.4, 0.5) is 9.59 Å². The van der Waals surface area contributed by atoms with Gasteiger partial charge < -0.3 is 25.4 Å². The maximum Gasteiger partial charge on any atom is 0.408 e. The van der Waals surface area contributed by atoms with Crippen molar-refractivity contribution in [2.24, 2.45) is 0 Å². The van der Waals surface area contributed by atoms with Crippen molar-refractivity contribution in [2.45, 2.75) is 58.5 Å². The minimum atomic E-state index is -0.995. The van der Waals surface area contributed by atoms with E-state index >= 15 is 0 Å². The summed E-state index contributed by atoms with van der Waals surface area (Å²) in [7, 11) is 0. The topological polar surface area (TPSA) is 106 Å². The third-order valence-corrected chi connectivity index (χ3v) is 5.41. The molecule has 0 saturated heterocycles. The molecule has 3 aromatic carbocycles. The summed E-state index contributed by atoms with van der Waals surface area (Å²) in [6, 6.07) is 26.3. The predicted molar refractivity (Wildman–Crippen MR) is 145 cm³/mol. The molecule has 8 nitrogen and oxygen atoms in total. The summed E-state index contributed by atoms with van der Waals surface area (Å²) in [4.78, 5) is 37.3. The number of alkyl carbamates (subject to hydrolysis) is 2. The fourth-order valence-corrected chi connectivity index (χ4v) is 3.52. The molecule has 8 heteroatoms. The Labute approximate surface area is 223 Å². The molecule has 0 aliphatic carbocycles. The van der Waals surface area contributed by atoms with Crippen LogP contribution >= 0.6 is 0 Å². The van der Waals surface area contributed by atoms with Gasteiger partial charge in [-0.15, -0.1) is 0 Å². The molecule has 0 unspecified atom stereocenters. The van der Waals surface area contributed by atoms with E-state index in [1.165, 1.54) is 0 Å². The summed E-state index contributed by atoms with van der Waals surface area (Å²) in [6.07, 6.45) is -1.89. The van der Waals surface area contributed by atoms with E-state index in [-0.39, 0.29) is 18.9 Å². The average molecular weight is 518 g/mol. The van der Waals surface area contributed by atoms with Crippen molar-refractivity contribution in [3.63, 3.8) is 0 Å². The highest BCUT2D eigenvalue weighted by atomic mass is 16.6. The zero-order valence-corrected chi connectivity index (χ0v) is 22.0. The van der Waals surface area contributed by atoms with Crippen LogP contribution in [0.25, 0.3) is 0 Å². The van der Waals surface area contributed by atoms with E-state index in [0.717, 1.165) is 22.3 Å². The Bertz CT molecular complexity index is 1180. The summed E-state index contributed by atoms with van der Waals surface area (Å²) in [5.41, 5.74) is 3.01. The molecular weight excluding hydrogens is 482 g/mol. The zero-order valence-electron chi connectivity index (χ0n) is 22.0. The number of nitrogens with one attached hydrogen (secondary N) is 3. The smallest absolute Gasteiger partial charge is 0.408 e. The number of carbonyl (C=O) groups is 3. The van der Waals surface area contributed by atoms with Crippen molar-refractivity contribution in [3.8, 4) is 0 Å². The van der Waals surface area contributed by atoms with Crippen LogP contribution in [-0.4, -0.2) is 29.8 Å². The maximum atomic E-state index is 13.0. The second-order valence-corrected chi connectivity index (χ2v) is 9.81. The first-order chi connectivity index (χ1) is 18.2. The molecule has 200 valence electrons. The first-order valence-corrected chi connectivity index (χ1v) is 12.5. The van der Waals surface area contributed by atoms with Crippen LogP contribution in [0.1, 0.15) is 43.0 Å². The number of amides is 3. The molecule has 0 aliphatic rings. The lowest BCUT2D eigenvalue weighted by molar-refractivity contribution is -0.129. The molecule has 0 saturated carbocycles. The number of hydrogen-bond acceptors (Lipinski definition) is 5. The predicted octanol–water partition coefficient (Wildman–Crippen LogP) is 4.87. The van der Waals surface area contributed by atoms with E-state index in [9.17, 15) is 14.4 Å². The van der Waals surface area contributed by atoms with Crippen LogP contribution in [0.2, 0.25) is 0 Å². The minimum Gasteiger partial charge on any atom is -0.444 e. The molecule has 38 heavy (non-hydrogen) atoms. The highest BCUT2D eigenvalue weighted by molar-refractivity contribution is 5.83. The Balaban J connectivity index is 1.53. The van der Waals surface area contributed by atoms with Gasteiger partial charge >= 0.3 is 12.2 Å². The Morgan fingerprint density at radius 1 is 0.632 bits per heavy atom. The van der Waals surface area contributed by atoms with Crippen LogP contribution in [0.3, 0.4) is 0 Å². The number of hydrogen-bond donors (Lipinski definition) is 3. The Morgan fingerprint density at radius 2 is 1.08 bits per heavy atom. The van der Waals surface area contributed by atoms with Gasteiger partial charge in [-0.25, -0.2) is 9.59 Å². The van der Waals surface area contributed by atoms with Crippen molar-refractivity contribution >= 4 is 18.1 Å². The van der Waals surface area contributed by atoms with Crippen molar-refractivity contribution < 1.29 is 23.9 Å². The molecule has 0 fully saturated rings. The van der Waals surface area contributed by atoms with Gasteiger partial charge in [0.25, 0.3) is 5.91 Å². The Kier molecular flexibility index (Phi) is 10.3. The van der Waals surface area contributed by atoms with E-state index in [2.05, 4.69) is 16.0 Å². The number of ether oxygens (including phenoxy) is 2. The van der Waals surface area contributed by atoms with Crippen LogP contribution in [0.5, 0.6) is 0 Å². The molecule has 3 N–H and O–H groups in total. The highest BCUT2D eigenvalue weighted by Gasteiger charge is 2.23. The van der Waals surface area contributed by atoms with Gasteiger partial charge in [0.15, 0.2) is 6.10 Å². The van der Waals surface area contributed by atoms with Crippen LogP contribution in [0, 0.1) is 0 Å². The monoisotopic (exact) mass is 517 g/mol. The van der Waals surface area contributed by atoms with Gasteiger partial charge in [0.05, 0.1) is 0 Å². The standard InChI is InChI=1S/C30H35N3O5/c1-30(2,3)38-29(36)33-21-25-16-14-24(15-17-25)19-31-27(34)26(18-22-10-6-4-7-11-22)37-28(35)32-20-23-12-8-5-9-13-23/h4-17,26H,18-21H2,1-3H3,(H,31,34)(H,32,35)(H,33,36)/t26-/m0/s1. The van der Waals surface area contributed by atoms with Gasteiger partial charge in [-0.05, 0) is 43.0 Å². The number of benzene rings is 3.